The van der Waals surface area contributed by atoms with Crippen molar-refractivity contribution >= 4 is 16.8 Å². The molecule has 0 atom stereocenters. The van der Waals surface area contributed by atoms with E-state index in [0.717, 1.165) is 25.3 Å². The highest BCUT2D eigenvalue weighted by molar-refractivity contribution is 5.97. The van der Waals surface area contributed by atoms with Gasteiger partial charge in [-0.15, -0.1) is 0 Å². The van der Waals surface area contributed by atoms with Crippen LogP contribution in [-0.4, -0.2) is 70.7 Å². The molecule has 1 amide bonds. The first kappa shape index (κ1) is 18.1. The van der Waals surface area contributed by atoms with Gasteiger partial charge in [-0.25, -0.2) is 4.98 Å². The zero-order chi connectivity index (χ0) is 19.0. The Morgan fingerprint density at radius 2 is 1.89 bits per heavy atom. The molecule has 144 valence electrons. The van der Waals surface area contributed by atoms with E-state index in [9.17, 15) is 9.59 Å². The van der Waals surface area contributed by atoms with Crippen LogP contribution in [0.1, 0.15) is 30.0 Å². The molecule has 1 saturated heterocycles. The average molecular weight is 370 g/mol. The number of carbonyl (C=O) groups is 1. The van der Waals surface area contributed by atoms with Crippen LogP contribution in [0.25, 0.3) is 10.9 Å². The summed E-state index contributed by atoms with van der Waals surface area (Å²) >= 11 is 0. The van der Waals surface area contributed by atoms with Gasteiger partial charge in [0.05, 0.1) is 24.1 Å². The molecule has 1 fully saturated rings. The maximum absolute atomic E-state index is 13.1. The molecular formula is C20H26N4O3. The fourth-order valence-electron chi connectivity index (χ4n) is 3.87. The van der Waals surface area contributed by atoms with Gasteiger partial charge in [-0.2, -0.15) is 0 Å². The van der Waals surface area contributed by atoms with Gasteiger partial charge in [-0.1, -0.05) is 0 Å². The molecule has 2 aliphatic heterocycles. The van der Waals surface area contributed by atoms with E-state index >= 15 is 0 Å². The molecule has 4 rings (SSSR count). The smallest absolute Gasteiger partial charge is 0.261 e. The number of nitrogens with zero attached hydrogens (tertiary/aromatic N) is 4. The molecule has 0 unspecified atom stereocenters. The lowest BCUT2D eigenvalue weighted by Gasteiger charge is -2.26. The van der Waals surface area contributed by atoms with Crippen molar-refractivity contribution in [2.24, 2.45) is 0 Å². The molecule has 0 N–H and O–H groups in total. The maximum Gasteiger partial charge on any atom is 0.261 e. The van der Waals surface area contributed by atoms with Gasteiger partial charge in [-0.05, 0) is 32.0 Å². The van der Waals surface area contributed by atoms with Crippen LogP contribution in [0.3, 0.4) is 0 Å². The fraction of sp³-hybridized carbons (Fsp3) is 0.550. The molecule has 0 radical (unpaired) electrons. The topological polar surface area (TPSA) is 67.7 Å². The van der Waals surface area contributed by atoms with E-state index in [-0.39, 0.29) is 11.5 Å². The summed E-state index contributed by atoms with van der Waals surface area (Å²) in [7, 11) is 0. The largest absolute Gasteiger partial charge is 0.378 e. The Balaban J connectivity index is 1.70. The minimum atomic E-state index is -0.0504. The molecule has 1 aromatic heterocycles. The first-order valence-corrected chi connectivity index (χ1v) is 9.69. The Kier molecular flexibility index (Phi) is 4.97. The Bertz CT molecular complexity index is 915. The molecule has 2 aromatic rings. The van der Waals surface area contributed by atoms with Crippen LogP contribution in [0.4, 0.5) is 0 Å². The Hall–Kier alpha value is -2.25. The number of morpholine rings is 1. The quantitative estimate of drug-likeness (QED) is 0.793. The molecule has 2 aliphatic rings. The van der Waals surface area contributed by atoms with Gasteiger partial charge in [-0.3, -0.25) is 19.1 Å². The number of carbonyl (C=O) groups excluding carboxylic acids is 1. The van der Waals surface area contributed by atoms with E-state index in [0.29, 0.717) is 55.4 Å². The number of benzene rings is 1. The monoisotopic (exact) mass is 370 g/mol. The number of fused-ring (bicyclic) bond motifs is 2. The number of amides is 1. The third-order valence-corrected chi connectivity index (χ3v) is 5.54. The normalized spacial score (nSPS) is 18.6. The van der Waals surface area contributed by atoms with E-state index in [2.05, 4.69) is 18.7 Å². The van der Waals surface area contributed by atoms with E-state index < -0.39 is 0 Å². The van der Waals surface area contributed by atoms with Gasteiger partial charge in [0, 0.05) is 50.7 Å². The van der Waals surface area contributed by atoms with E-state index in [4.69, 9.17) is 9.72 Å². The first-order valence-electron chi connectivity index (χ1n) is 9.69. The first-order chi connectivity index (χ1) is 13.0. The highest BCUT2D eigenvalue weighted by Crippen LogP contribution is 2.16. The van der Waals surface area contributed by atoms with Crippen LogP contribution in [0, 0.1) is 0 Å². The number of rotatable bonds is 2. The fourth-order valence-corrected chi connectivity index (χ4v) is 3.87. The van der Waals surface area contributed by atoms with Crippen LogP contribution >= 0.6 is 0 Å². The zero-order valence-electron chi connectivity index (χ0n) is 16.0. The van der Waals surface area contributed by atoms with Gasteiger partial charge in [0.2, 0.25) is 0 Å². The van der Waals surface area contributed by atoms with Crippen molar-refractivity contribution in [3.8, 4) is 0 Å². The highest BCUT2D eigenvalue weighted by atomic mass is 16.5. The maximum atomic E-state index is 13.1. The molecule has 27 heavy (non-hydrogen) atoms. The number of hydrogen-bond acceptors (Lipinski definition) is 5. The summed E-state index contributed by atoms with van der Waals surface area (Å²) in [5.41, 5.74) is 1.17. The van der Waals surface area contributed by atoms with E-state index in [1.165, 1.54) is 0 Å². The van der Waals surface area contributed by atoms with Crippen LogP contribution in [0.5, 0.6) is 0 Å². The van der Waals surface area contributed by atoms with Crippen molar-refractivity contribution in [2.45, 2.75) is 32.9 Å². The summed E-state index contributed by atoms with van der Waals surface area (Å²) in [6, 6.07) is 5.74. The minimum absolute atomic E-state index is 0.0442. The highest BCUT2D eigenvalue weighted by Gasteiger charge is 2.22. The van der Waals surface area contributed by atoms with Crippen molar-refractivity contribution in [1.82, 2.24) is 19.4 Å². The Morgan fingerprint density at radius 3 is 2.63 bits per heavy atom. The second-order valence-electron chi connectivity index (χ2n) is 7.50. The SMILES string of the molecule is CC(C)N1CCc2nc3ccc(C(=O)N4CCOCC4)cc3c(=O)n2CC1. The summed E-state index contributed by atoms with van der Waals surface area (Å²) in [4.78, 5) is 34.7. The molecule has 1 aromatic carbocycles. The lowest BCUT2D eigenvalue weighted by Crippen LogP contribution is -2.40. The van der Waals surface area contributed by atoms with E-state index in [1.807, 2.05) is 0 Å². The third-order valence-electron chi connectivity index (χ3n) is 5.54. The van der Waals surface area contributed by atoms with Gasteiger partial charge < -0.3 is 9.64 Å². The van der Waals surface area contributed by atoms with Crippen molar-refractivity contribution < 1.29 is 9.53 Å². The number of aromatic nitrogens is 2. The molecule has 0 spiro atoms. The van der Waals surface area contributed by atoms with Gasteiger partial charge >= 0.3 is 0 Å². The molecular weight excluding hydrogens is 344 g/mol. The molecule has 7 heteroatoms. The summed E-state index contributed by atoms with van der Waals surface area (Å²) in [5, 5.41) is 0.524. The summed E-state index contributed by atoms with van der Waals surface area (Å²) in [6.45, 7) is 9.02. The van der Waals surface area contributed by atoms with Gasteiger partial charge in [0.1, 0.15) is 5.82 Å². The third kappa shape index (κ3) is 3.49. The van der Waals surface area contributed by atoms with Crippen molar-refractivity contribution in [2.75, 3.05) is 39.4 Å². The Morgan fingerprint density at radius 1 is 1.11 bits per heavy atom. The van der Waals surface area contributed by atoms with Gasteiger partial charge in [0.25, 0.3) is 11.5 Å². The van der Waals surface area contributed by atoms with Crippen LogP contribution in [-0.2, 0) is 17.7 Å². The molecule has 7 nitrogen and oxygen atoms in total. The van der Waals surface area contributed by atoms with Crippen LogP contribution < -0.4 is 5.56 Å². The lowest BCUT2D eigenvalue weighted by atomic mass is 10.1. The standard InChI is InChI=1S/C20H26N4O3/c1-14(2)22-6-5-18-21-17-4-3-15(19(25)23-9-11-27-12-10-23)13-16(17)20(26)24(18)8-7-22/h3-4,13-14H,5-12H2,1-2H3. The predicted octanol–water partition coefficient (Wildman–Crippen LogP) is 1.14. The summed E-state index contributed by atoms with van der Waals surface area (Å²) < 4.78 is 7.10. The van der Waals surface area contributed by atoms with Crippen molar-refractivity contribution in [3.63, 3.8) is 0 Å². The van der Waals surface area contributed by atoms with Crippen LogP contribution in [0.15, 0.2) is 23.0 Å². The predicted molar refractivity (Wildman–Crippen MR) is 103 cm³/mol. The van der Waals surface area contributed by atoms with Crippen LogP contribution in [0.2, 0.25) is 0 Å². The average Bonchev–Trinajstić information content (AvgIpc) is 2.91. The van der Waals surface area contributed by atoms with Crippen molar-refractivity contribution in [1.29, 1.82) is 0 Å². The van der Waals surface area contributed by atoms with E-state index in [1.54, 1.807) is 27.7 Å². The molecule has 0 saturated carbocycles. The number of ether oxygens (including phenoxy) is 1. The Labute approximate surface area is 158 Å². The second-order valence-corrected chi connectivity index (χ2v) is 7.50. The summed E-state index contributed by atoms with van der Waals surface area (Å²) in [6.07, 6.45) is 0.762. The minimum Gasteiger partial charge on any atom is -0.378 e. The molecule has 3 heterocycles. The lowest BCUT2D eigenvalue weighted by molar-refractivity contribution is 0.0303. The molecule has 0 bridgehead atoms. The summed E-state index contributed by atoms with van der Waals surface area (Å²) in [5.74, 6) is 0.786. The van der Waals surface area contributed by atoms with Crippen molar-refractivity contribution in [3.05, 3.63) is 39.9 Å². The second kappa shape index (κ2) is 7.40. The van der Waals surface area contributed by atoms with Gasteiger partial charge in [0.15, 0.2) is 0 Å². The zero-order valence-corrected chi connectivity index (χ0v) is 16.0. The molecule has 0 aliphatic carbocycles. The number of hydrogen-bond donors (Lipinski definition) is 0.